The minimum atomic E-state index is -0.457. The van der Waals surface area contributed by atoms with Gasteiger partial charge >= 0.3 is 0 Å². The fourth-order valence-corrected chi connectivity index (χ4v) is 1.54. The Balaban J connectivity index is 2.60. The van der Waals surface area contributed by atoms with E-state index >= 15 is 0 Å². The van der Waals surface area contributed by atoms with Crippen molar-refractivity contribution in [2.24, 2.45) is 0 Å². The highest BCUT2D eigenvalue weighted by atomic mass is 16.6. The summed E-state index contributed by atoms with van der Waals surface area (Å²) in [6, 6.07) is 10.1. The zero-order chi connectivity index (χ0) is 12.4. The molecule has 0 atom stereocenters. The molecule has 2 rings (SSSR count). The number of nitrogen functional groups attached to an aromatic ring is 1. The van der Waals surface area contributed by atoms with Gasteiger partial charge in [-0.3, -0.25) is 10.1 Å². The van der Waals surface area contributed by atoms with Crippen LogP contribution in [0.15, 0.2) is 36.4 Å². The van der Waals surface area contributed by atoms with Gasteiger partial charge in [0.1, 0.15) is 5.82 Å². The first kappa shape index (κ1) is 11.1. The van der Waals surface area contributed by atoms with Crippen LogP contribution in [-0.2, 0) is 0 Å². The maximum Gasteiger partial charge on any atom is 0.295 e. The molecule has 1 aromatic carbocycles. The zero-order valence-electron chi connectivity index (χ0n) is 9.25. The molecule has 5 heteroatoms. The van der Waals surface area contributed by atoms with E-state index in [1.54, 1.807) is 12.1 Å². The highest BCUT2D eigenvalue weighted by Crippen LogP contribution is 2.28. The molecule has 0 amide bonds. The Bertz CT molecular complexity index is 564. The first-order chi connectivity index (χ1) is 8.08. The first-order valence-corrected chi connectivity index (χ1v) is 5.06. The number of rotatable bonds is 2. The predicted octanol–water partition coefficient (Wildman–Crippen LogP) is 2.55. The van der Waals surface area contributed by atoms with Crippen LogP contribution in [0, 0.1) is 17.0 Å². The summed E-state index contributed by atoms with van der Waals surface area (Å²) in [6.07, 6.45) is 0. The van der Waals surface area contributed by atoms with Gasteiger partial charge in [-0.1, -0.05) is 29.8 Å². The molecule has 5 nitrogen and oxygen atoms in total. The Morgan fingerprint density at radius 3 is 2.41 bits per heavy atom. The highest BCUT2D eigenvalue weighted by molar-refractivity contribution is 5.71. The van der Waals surface area contributed by atoms with E-state index < -0.39 is 4.92 Å². The van der Waals surface area contributed by atoms with E-state index in [4.69, 9.17) is 5.73 Å². The second-order valence-corrected chi connectivity index (χ2v) is 3.73. The average Bonchev–Trinajstić information content (AvgIpc) is 2.29. The maximum absolute atomic E-state index is 10.9. The van der Waals surface area contributed by atoms with Crippen LogP contribution in [0.1, 0.15) is 5.56 Å². The Hall–Kier alpha value is -2.43. The lowest BCUT2D eigenvalue weighted by molar-refractivity contribution is -0.384. The van der Waals surface area contributed by atoms with E-state index in [0.717, 1.165) is 5.56 Å². The fraction of sp³-hybridized carbons (Fsp3) is 0.0833. The number of hydrogen-bond acceptors (Lipinski definition) is 4. The van der Waals surface area contributed by atoms with Crippen molar-refractivity contribution in [1.29, 1.82) is 0 Å². The Labute approximate surface area is 98.1 Å². The molecule has 86 valence electrons. The largest absolute Gasteiger partial charge is 0.384 e. The van der Waals surface area contributed by atoms with Gasteiger partial charge in [0.25, 0.3) is 5.69 Å². The lowest BCUT2D eigenvalue weighted by Crippen LogP contribution is -1.98. The molecular weight excluding hydrogens is 218 g/mol. The van der Waals surface area contributed by atoms with Gasteiger partial charge in [-0.15, -0.1) is 0 Å². The number of benzene rings is 1. The third-order valence-electron chi connectivity index (χ3n) is 2.42. The van der Waals surface area contributed by atoms with Crippen molar-refractivity contribution >= 4 is 11.5 Å². The molecule has 0 saturated heterocycles. The topological polar surface area (TPSA) is 82.0 Å². The van der Waals surface area contributed by atoms with Crippen LogP contribution in [0.4, 0.5) is 11.5 Å². The Morgan fingerprint density at radius 1 is 1.18 bits per heavy atom. The lowest BCUT2D eigenvalue weighted by Gasteiger charge is -2.03. The smallest absolute Gasteiger partial charge is 0.295 e. The maximum atomic E-state index is 10.9. The van der Waals surface area contributed by atoms with Crippen LogP contribution < -0.4 is 5.73 Å². The number of nitrogens with zero attached hydrogens (tertiary/aromatic N) is 2. The molecule has 2 aromatic rings. The molecule has 1 heterocycles. The molecule has 0 aliphatic rings. The summed E-state index contributed by atoms with van der Waals surface area (Å²) in [7, 11) is 0. The van der Waals surface area contributed by atoms with Crippen molar-refractivity contribution in [3.63, 3.8) is 0 Å². The molecule has 0 saturated carbocycles. The van der Waals surface area contributed by atoms with Gasteiger partial charge in [-0.25, -0.2) is 4.98 Å². The predicted molar refractivity (Wildman–Crippen MR) is 65.5 cm³/mol. The Morgan fingerprint density at radius 2 is 1.82 bits per heavy atom. The molecule has 0 fully saturated rings. The number of aromatic nitrogens is 1. The number of nitrogens with two attached hydrogens (primary N) is 1. The van der Waals surface area contributed by atoms with Gasteiger partial charge in [0.05, 0.1) is 4.92 Å². The molecule has 17 heavy (non-hydrogen) atoms. The van der Waals surface area contributed by atoms with Gasteiger partial charge in [-0.2, -0.15) is 0 Å². The van der Waals surface area contributed by atoms with Crippen molar-refractivity contribution in [3.8, 4) is 11.3 Å². The fourth-order valence-electron chi connectivity index (χ4n) is 1.54. The van der Waals surface area contributed by atoms with E-state index in [0.29, 0.717) is 11.3 Å². The summed E-state index contributed by atoms with van der Waals surface area (Å²) in [6.45, 7) is 1.95. The molecule has 0 aliphatic carbocycles. The van der Waals surface area contributed by atoms with Crippen molar-refractivity contribution in [2.75, 3.05) is 5.73 Å². The standard InChI is InChI=1S/C12H11N3O2/c1-8-2-4-9(5-3-8)12-10(15(16)17)6-7-11(13)14-12/h2-7H,1H3,(H2,13,14). The minimum Gasteiger partial charge on any atom is -0.384 e. The van der Waals surface area contributed by atoms with E-state index in [-0.39, 0.29) is 11.5 Å². The molecular formula is C12H11N3O2. The first-order valence-electron chi connectivity index (χ1n) is 5.06. The monoisotopic (exact) mass is 229 g/mol. The molecule has 0 radical (unpaired) electrons. The summed E-state index contributed by atoms with van der Waals surface area (Å²) in [4.78, 5) is 14.5. The number of anilines is 1. The van der Waals surface area contributed by atoms with Crippen LogP contribution in [-0.4, -0.2) is 9.91 Å². The number of pyridine rings is 1. The van der Waals surface area contributed by atoms with E-state index in [1.807, 2.05) is 19.1 Å². The summed E-state index contributed by atoms with van der Waals surface area (Å²) in [5.74, 6) is 0.270. The summed E-state index contributed by atoms with van der Waals surface area (Å²) in [5.41, 5.74) is 7.60. The van der Waals surface area contributed by atoms with Crippen LogP contribution in [0.5, 0.6) is 0 Å². The van der Waals surface area contributed by atoms with Crippen LogP contribution >= 0.6 is 0 Å². The van der Waals surface area contributed by atoms with Crippen LogP contribution in [0.25, 0.3) is 11.3 Å². The minimum absolute atomic E-state index is 0.0388. The summed E-state index contributed by atoms with van der Waals surface area (Å²) < 4.78 is 0. The van der Waals surface area contributed by atoms with Gasteiger partial charge in [0.2, 0.25) is 0 Å². The third-order valence-corrected chi connectivity index (χ3v) is 2.42. The number of nitro groups is 1. The van der Waals surface area contributed by atoms with Gasteiger partial charge in [-0.05, 0) is 13.0 Å². The average molecular weight is 229 g/mol. The zero-order valence-corrected chi connectivity index (χ0v) is 9.25. The van der Waals surface area contributed by atoms with Gasteiger partial charge < -0.3 is 5.73 Å². The molecule has 0 spiro atoms. The Kier molecular flexibility index (Phi) is 2.74. The van der Waals surface area contributed by atoms with Crippen molar-refractivity contribution in [1.82, 2.24) is 4.98 Å². The van der Waals surface area contributed by atoms with Crippen molar-refractivity contribution < 1.29 is 4.92 Å². The molecule has 1 aromatic heterocycles. The second kappa shape index (κ2) is 4.21. The molecule has 0 bridgehead atoms. The van der Waals surface area contributed by atoms with Crippen LogP contribution in [0.2, 0.25) is 0 Å². The SMILES string of the molecule is Cc1ccc(-c2nc(N)ccc2[N+](=O)[O-])cc1. The quantitative estimate of drug-likeness (QED) is 0.633. The van der Waals surface area contributed by atoms with Crippen molar-refractivity contribution in [2.45, 2.75) is 6.92 Å². The lowest BCUT2D eigenvalue weighted by atomic mass is 10.1. The van der Waals surface area contributed by atoms with E-state index in [2.05, 4.69) is 4.98 Å². The van der Waals surface area contributed by atoms with E-state index in [9.17, 15) is 10.1 Å². The summed E-state index contributed by atoms with van der Waals surface area (Å²) in [5, 5.41) is 10.9. The third kappa shape index (κ3) is 2.23. The number of hydrogen-bond donors (Lipinski definition) is 1. The molecule has 0 aliphatic heterocycles. The second-order valence-electron chi connectivity index (χ2n) is 3.73. The molecule has 2 N–H and O–H groups in total. The van der Waals surface area contributed by atoms with Crippen molar-refractivity contribution in [3.05, 3.63) is 52.1 Å². The summed E-state index contributed by atoms with van der Waals surface area (Å²) >= 11 is 0. The normalized spacial score (nSPS) is 10.2. The van der Waals surface area contributed by atoms with E-state index in [1.165, 1.54) is 12.1 Å². The van der Waals surface area contributed by atoms with Crippen LogP contribution in [0.3, 0.4) is 0 Å². The molecule has 0 unspecified atom stereocenters. The highest BCUT2D eigenvalue weighted by Gasteiger charge is 2.16. The van der Waals surface area contributed by atoms with Gasteiger partial charge in [0, 0.05) is 11.6 Å². The van der Waals surface area contributed by atoms with Gasteiger partial charge in [0.15, 0.2) is 5.69 Å². The number of aryl methyl sites for hydroxylation is 1.